The van der Waals surface area contributed by atoms with Gasteiger partial charge in [-0.05, 0) is 55.6 Å². The summed E-state index contributed by atoms with van der Waals surface area (Å²) in [6, 6.07) is 21.7. The maximum Gasteiger partial charge on any atom is 0.257 e. The van der Waals surface area contributed by atoms with Crippen LogP contribution in [-0.4, -0.2) is 57.0 Å². The van der Waals surface area contributed by atoms with E-state index in [1.165, 1.54) is 17.4 Å². The molecule has 0 bridgehead atoms. The molecular weight excluding hydrogens is 470 g/mol. The topological polar surface area (TPSA) is 76.7 Å². The smallest absolute Gasteiger partial charge is 0.257 e. The highest BCUT2D eigenvalue weighted by Gasteiger charge is 2.24. The summed E-state index contributed by atoms with van der Waals surface area (Å²) in [7, 11) is 3.78. The maximum atomic E-state index is 12.7. The molecule has 184 valence electrons. The van der Waals surface area contributed by atoms with E-state index in [9.17, 15) is 9.59 Å². The predicted octanol–water partition coefficient (Wildman–Crippen LogP) is 4.35. The van der Waals surface area contributed by atoms with Crippen LogP contribution in [0.2, 0.25) is 0 Å². The molecule has 2 aliphatic rings. The summed E-state index contributed by atoms with van der Waals surface area (Å²) in [6.45, 7) is 4.20. The first-order chi connectivity index (χ1) is 17.5. The van der Waals surface area contributed by atoms with Crippen LogP contribution in [0.1, 0.15) is 15.9 Å². The second kappa shape index (κ2) is 10.5. The zero-order valence-electron chi connectivity index (χ0n) is 20.4. The number of amides is 2. The zero-order chi connectivity index (χ0) is 25.1. The Balaban J connectivity index is 1.29. The van der Waals surface area contributed by atoms with Crippen LogP contribution in [0.3, 0.4) is 0 Å². The molecule has 8 heteroatoms. The van der Waals surface area contributed by atoms with Gasteiger partial charge >= 0.3 is 0 Å². The summed E-state index contributed by atoms with van der Waals surface area (Å²) >= 11 is 1.50. The molecule has 0 spiro atoms. The highest BCUT2D eigenvalue weighted by Crippen LogP contribution is 2.38. The molecule has 1 saturated heterocycles. The number of nitrogens with one attached hydrogen (secondary N) is 3. The molecule has 0 aliphatic carbocycles. The van der Waals surface area contributed by atoms with Crippen molar-refractivity contribution in [2.45, 2.75) is 9.79 Å². The monoisotopic (exact) mass is 499 g/mol. The van der Waals surface area contributed by atoms with Crippen LogP contribution in [0.15, 0.2) is 82.7 Å². The van der Waals surface area contributed by atoms with Gasteiger partial charge in [0.1, 0.15) is 0 Å². The average Bonchev–Trinajstić information content (AvgIpc) is 3.22. The number of rotatable bonds is 6. The average molecular weight is 500 g/mol. The number of fused-ring (bicyclic) bond motifs is 1. The van der Waals surface area contributed by atoms with Gasteiger partial charge in [-0.15, -0.1) is 0 Å². The third kappa shape index (κ3) is 5.10. The lowest BCUT2D eigenvalue weighted by atomic mass is 10.1. The van der Waals surface area contributed by atoms with Crippen LogP contribution in [-0.2, 0) is 4.79 Å². The lowest BCUT2D eigenvalue weighted by Crippen LogP contribution is -2.44. The molecule has 2 aliphatic heterocycles. The summed E-state index contributed by atoms with van der Waals surface area (Å²) in [5.41, 5.74) is 4.98. The fourth-order valence-electron chi connectivity index (χ4n) is 4.37. The van der Waals surface area contributed by atoms with Crippen LogP contribution < -0.4 is 20.9 Å². The highest BCUT2D eigenvalue weighted by molar-refractivity contribution is 7.99. The van der Waals surface area contributed by atoms with Crippen LogP contribution >= 0.6 is 11.8 Å². The number of benzene rings is 3. The van der Waals surface area contributed by atoms with Crippen molar-refractivity contribution in [1.82, 2.24) is 10.2 Å². The molecule has 0 unspecified atom stereocenters. The van der Waals surface area contributed by atoms with Gasteiger partial charge in [-0.1, -0.05) is 30.0 Å². The van der Waals surface area contributed by atoms with E-state index < -0.39 is 0 Å². The van der Waals surface area contributed by atoms with Crippen molar-refractivity contribution in [2.75, 3.05) is 55.8 Å². The first kappa shape index (κ1) is 24.0. The summed E-state index contributed by atoms with van der Waals surface area (Å²) < 4.78 is 0. The minimum absolute atomic E-state index is 0.125. The van der Waals surface area contributed by atoms with Gasteiger partial charge in [-0.2, -0.15) is 0 Å². The number of carbonyl (C=O) groups excluding carboxylic acids is 2. The number of anilines is 3. The Morgan fingerprint density at radius 3 is 2.50 bits per heavy atom. The zero-order valence-corrected chi connectivity index (χ0v) is 21.2. The lowest BCUT2D eigenvalue weighted by molar-refractivity contribution is -0.110. The molecule has 3 aromatic rings. The highest BCUT2D eigenvalue weighted by atomic mass is 32.2. The molecule has 0 saturated carbocycles. The Bertz CT molecular complexity index is 1310. The van der Waals surface area contributed by atoms with Crippen molar-refractivity contribution in [1.29, 1.82) is 0 Å². The van der Waals surface area contributed by atoms with E-state index in [1.54, 1.807) is 19.3 Å². The number of hydrogen-bond acceptors (Lipinski definition) is 6. The molecule has 7 nitrogen and oxygen atoms in total. The van der Waals surface area contributed by atoms with Crippen LogP contribution in [0.5, 0.6) is 0 Å². The summed E-state index contributed by atoms with van der Waals surface area (Å²) in [5, 5.41) is 8.92. The van der Waals surface area contributed by atoms with Crippen molar-refractivity contribution in [3.63, 3.8) is 0 Å². The summed E-state index contributed by atoms with van der Waals surface area (Å²) in [4.78, 5) is 31.4. The molecule has 3 N–H and O–H groups in total. The van der Waals surface area contributed by atoms with E-state index in [0.717, 1.165) is 52.9 Å². The molecule has 5 rings (SSSR count). The van der Waals surface area contributed by atoms with Gasteiger partial charge in [0.25, 0.3) is 11.8 Å². The quantitative estimate of drug-likeness (QED) is 0.438. The summed E-state index contributed by atoms with van der Waals surface area (Å²) in [6.07, 6.45) is 1.76. The fourth-order valence-corrected chi connectivity index (χ4v) is 5.36. The molecule has 2 heterocycles. The number of carbonyl (C=O) groups is 2. The lowest BCUT2D eigenvalue weighted by Gasteiger charge is -2.34. The second-order valence-corrected chi connectivity index (χ2v) is 9.99. The van der Waals surface area contributed by atoms with Crippen molar-refractivity contribution in [2.24, 2.45) is 0 Å². The molecule has 3 aromatic carbocycles. The van der Waals surface area contributed by atoms with E-state index in [1.807, 2.05) is 48.5 Å². The van der Waals surface area contributed by atoms with E-state index in [2.05, 4.69) is 44.9 Å². The minimum atomic E-state index is -0.139. The van der Waals surface area contributed by atoms with E-state index >= 15 is 0 Å². The van der Waals surface area contributed by atoms with Crippen molar-refractivity contribution in [3.8, 4) is 0 Å². The van der Waals surface area contributed by atoms with Crippen molar-refractivity contribution < 1.29 is 9.59 Å². The SMILES string of the molecule is CNC(=O)c1ccccc1Sc1ccc2c(c1)NC(=O)/C2=C/Nc1ccc(N2CCN(C)CC2)cc1. The maximum absolute atomic E-state index is 12.7. The molecular formula is C28H29N5O2S. The van der Waals surface area contributed by atoms with E-state index in [0.29, 0.717) is 11.1 Å². The van der Waals surface area contributed by atoms with Gasteiger partial charge in [0, 0.05) is 66.2 Å². The Labute approximate surface area is 215 Å². The van der Waals surface area contributed by atoms with Gasteiger partial charge in [-0.3, -0.25) is 9.59 Å². The normalized spacial score (nSPS) is 16.6. The summed E-state index contributed by atoms with van der Waals surface area (Å²) in [5.74, 6) is -0.264. The Morgan fingerprint density at radius 1 is 1.00 bits per heavy atom. The number of likely N-dealkylation sites (N-methyl/N-ethyl adjacent to an activating group) is 1. The largest absolute Gasteiger partial charge is 0.369 e. The van der Waals surface area contributed by atoms with Crippen LogP contribution in [0, 0.1) is 0 Å². The van der Waals surface area contributed by atoms with Gasteiger partial charge in [0.05, 0.1) is 16.8 Å². The predicted molar refractivity (Wildman–Crippen MR) is 147 cm³/mol. The third-order valence-electron chi connectivity index (χ3n) is 6.48. The van der Waals surface area contributed by atoms with Crippen molar-refractivity contribution in [3.05, 3.63) is 84.1 Å². The number of piperazine rings is 1. The van der Waals surface area contributed by atoms with Gasteiger partial charge in [0.2, 0.25) is 0 Å². The van der Waals surface area contributed by atoms with Crippen molar-refractivity contribution >= 4 is 46.2 Å². The van der Waals surface area contributed by atoms with Crippen LogP contribution in [0.4, 0.5) is 17.1 Å². The fraction of sp³-hybridized carbons (Fsp3) is 0.214. The Hall–Kier alpha value is -3.75. The van der Waals surface area contributed by atoms with Gasteiger partial charge < -0.3 is 25.8 Å². The van der Waals surface area contributed by atoms with E-state index in [-0.39, 0.29) is 11.8 Å². The first-order valence-electron chi connectivity index (χ1n) is 12.0. The molecule has 0 aromatic heterocycles. The molecule has 1 fully saturated rings. The molecule has 36 heavy (non-hydrogen) atoms. The molecule has 2 amide bonds. The molecule has 0 atom stereocenters. The second-order valence-electron chi connectivity index (χ2n) is 8.88. The minimum Gasteiger partial charge on any atom is -0.369 e. The Kier molecular flexibility index (Phi) is 6.97. The first-order valence-corrected chi connectivity index (χ1v) is 12.8. The third-order valence-corrected chi connectivity index (χ3v) is 7.55. The number of hydrogen-bond donors (Lipinski definition) is 3. The van der Waals surface area contributed by atoms with Crippen LogP contribution in [0.25, 0.3) is 5.57 Å². The Morgan fingerprint density at radius 2 is 1.75 bits per heavy atom. The van der Waals surface area contributed by atoms with Gasteiger partial charge in [0.15, 0.2) is 0 Å². The molecule has 0 radical (unpaired) electrons. The van der Waals surface area contributed by atoms with E-state index in [4.69, 9.17) is 0 Å². The van der Waals surface area contributed by atoms with Gasteiger partial charge in [-0.25, -0.2) is 0 Å². The number of nitrogens with zero attached hydrogens (tertiary/aromatic N) is 2. The standard InChI is InChI=1S/C28H29N5O2S/c1-29-27(34)23-5-3-4-6-26(23)36-21-11-12-22-24(28(35)31-25(22)17-21)18-30-19-7-9-20(10-8-19)33-15-13-32(2)14-16-33/h3-12,17-18,30H,13-16H2,1-2H3,(H,29,34)(H,31,35)/b24-18+.